The molecule has 0 unspecified atom stereocenters. The van der Waals surface area contributed by atoms with E-state index in [1.165, 1.54) is 13.4 Å². The first-order valence-corrected chi connectivity index (χ1v) is 4.82. The lowest BCUT2D eigenvalue weighted by Gasteiger charge is -2.17. The summed E-state index contributed by atoms with van der Waals surface area (Å²) in [5.74, 6) is 0.343. The highest BCUT2D eigenvalue weighted by molar-refractivity contribution is 7.82. The van der Waals surface area contributed by atoms with Crippen LogP contribution in [0.4, 0.5) is 10.5 Å². The largest absolute Gasteiger partial charge is 0.479 e. The van der Waals surface area contributed by atoms with Crippen LogP contribution >= 0.6 is 12.8 Å². The maximum absolute atomic E-state index is 11.0. The molecule has 1 rings (SSSR count). The minimum atomic E-state index is -0.780. The summed E-state index contributed by atoms with van der Waals surface area (Å²) < 4.78 is 11.1. The molecular weight excluding hydrogens is 232 g/mol. The first kappa shape index (κ1) is 12.4. The normalized spacial score (nSPS) is 9.69. The lowest BCUT2D eigenvalue weighted by atomic mass is 10.4. The van der Waals surface area contributed by atoms with E-state index >= 15 is 0 Å². The molecule has 0 saturated carbocycles. The molecule has 0 aliphatic heterocycles. The van der Waals surface area contributed by atoms with Gasteiger partial charge in [-0.1, -0.05) is 12.8 Å². The Morgan fingerprint density at radius 2 is 2.19 bits per heavy atom. The molecule has 0 bridgehead atoms. The van der Waals surface area contributed by atoms with Gasteiger partial charge in [0.05, 0.1) is 13.7 Å². The van der Waals surface area contributed by atoms with Crippen molar-refractivity contribution >= 4 is 24.5 Å². The SMILES string of the molecule is CCOc1ncnc(OC)c1N(S)C(N)=O. The number of carbonyl (C=O) groups is 1. The third kappa shape index (κ3) is 2.45. The van der Waals surface area contributed by atoms with E-state index in [1.54, 1.807) is 6.92 Å². The van der Waals surface area contributed by atoms with E-state index in [0.717, 1.165) is 4.31 Å². The van der Waals surface area contributed by atoms with Crippen LogP contribution in [0.15, 0.2) is 6.33 Å². The molecule has 88 valence electrons. The van der Waals surface area contributed by atoms with Crippen LogP contribution in [-0.2, 0) is 0 Å². The van der Waals surface area contributed by atoms with Gasteiger partial charge in [-0.25, -0.2) is 9.10 Å². The third-order valence-corrected chi connectivity index (χ3v) is 2.05. The van der Waals surface area contributed by atoms with E-state index in [1.807, 2.05) is 0 Å². The highest BCUT2D eigenvalue weighted by atomic mass is 32.1. The number of urea groups is 1. The van der Waals surface area contributed by atoms with E-state index in [2.05, 4.69) is 22.8 Å². The van der Waals surface area contributed by atoms with Crippen molar-refractivity contribution in [1.82, 2.24) is 9.97 Å². The molecule has 1 heterocycles. The van der Waals surface area contributed by atoms with Gasteiger partial charge in [0.15, 0.2) is 5.69 Å². The number of hydrogen-bond acceptors (Lipinski definition) is 6. The molecular formula is C8H12N4O3S. The molecule has 8 heteroatoms. The fourth-order valence-electron chi connectivity index (χ4n) is 1.03. The van der Waals surface area contributed by atoms with Gasteiger partial charge in [0.25, 0.3) is 0 Å². The highest BCUT2D eigenvalue weighted by Crippen LogP contribution is 2.34. The van der Waals surface area contributed by atoms with Crippen molar-refractivity contribution in [2.75, 3.05) is 18.0 Å². The zero-order valence-electron chi connectivity index (χ0n) is 8.88. The Morgan fingerprint density at radius 1 is 1.56 bits per heavy atom. The molecule has 1 aromatic rings. The van der Waals surface area contributed by atoms with Crippen LogP contribution in [0.25, 0.3) is 0 Å². The van der Waals surface area contributed by atoms with Crippen molar-refractivity contribution in [1.29, 1.82) is 0 Å². The smallest absolute Gasteiger partial charge is 0.329 e. The standard InChI is InChI=1S/C8H12N4O3S/c1-3-15-7-5(12(16)8(9)13)6(14-2)10-4-11-7/h4,16H,3H2,1-2H3,(H2,9,13). The van der Waals surface area contributed by atoms with Gasteiger partial charge in [0, 0.05) is 0 Å². The van der Waals surface area contributed by atoms with E-state index in [4.69, 9.17) is 15.2 Å². The van der Waals surface area contributed by atoms with Crippen LogP contribution in [0.2, 0.25) is 0 Å². The van der Waals surface area contributed by atoms with Crippen LogP contribution in [0.1, 0.15) is 6.92 Å². The number of primary amides is 1. The van der Waals surface area contributed by atoms with Gasteiger partial charge < -0.3 is 15.2 Å². The first-order chi connectivity index (χ1) is 7.61. The number of nitrogens with two attached hydrogens (primary N) is 1. The number of hydrogen-bond donors (Lipinski definition) is 2. The second kappa shape index (κ2) is 5.40. The molecule has 0 fully saturated rings. The summed E-state index contributed by atoms with van der Waals surface area (Å²) in [5, 5.41) is 0. The Bertz CT molecular complexity index is 388. The molecule has 7 nitrogen and oxygen atoms in total. The van der Waals surface area contributed by atoms with Crippen molar-refractivity contribution in [3.63, 3.8) is 0 Å². The fourth-order valence-corrected chi connectivity index (χ4v) is 1.20. The summed E-state index contributed by atoms with van der Waals surface area (Å²) >= 11 is 3.92. The molecule has 2 amide bonds. The van der Waals surface area contributed by atoms with Crippen molar-refractivity contribution < 1.29 is 14.3 Å². The Labute approximate surface area is 98.1 Å². The molecule has 0 atom stereocenters. The molecule has 1 aromatic heterocycles. The molecule has 0 saturated heterocycles. The van der Waals surface area contributed by atoms with Gasteiger partial charge in [0.1, 0.15) is 6.33 Å². The quantitative estimate of drug-likeness (QED) is 0.757. The number of nitrogens with zero attached hydrogens (tertiary/aromatic N) is 3. The number of anilines is 1. The van der Waals surface area contributed by atoms with Gasteiger partial charge in [0.2, 0.25) is 11.8 Å². The average Bonchev–Trinajstić information content (AvgIpc) is 2.28. The molecule has 0 aromatic carbocycles. The lowest BCUT2D eigenvalue weighted by molar-refractivity contribution is 0.256. The first-order valence-electron chi connectivity index (χ1n) is 4.42. The molecule has 0 spiro atoms. The lowest BCUT2D eigenvalue weighted by Crippen LogP contribution is -2.28. The second-order valence-electron chi connectivity index (χ2n) is 2.62. The number of thiol groups is 1. The summed E-state index contributed by atoms with van der Waals surface area (Å²) in [6.45, 7) is 2.17. The average molecular weight is 244 g/mol. The van der Waals surface area contributed by atoms with E-state index in [9.17, 15) is 4.79 Å². The zero-order valence-corrected chi connectivity index (χ0v) is 9.77. The summed E-state index contributed by atoms with van der Waals surface area (Å²) in [6.07, 6.45) is 1.26. The monoisotopic (exact) mass is 244 g/mol. The minimum absolute atomic E-state index is 0.159. The predicted molar refractivity (Wildman–Crippen MR) is 60.8 cm³/mol. The Morgan fingerprint density at radius 3 is 2.69 bits per heavy atom. The highest BCUT2D eigenvalue weighted by Gasteiger charge is 2.21. The van der Waals surface area contributed by atoms with Gasteiger partial charge >= 0.3 is 6.03 Å². The third-order valence-electron chi connectivity index (χ3n) is 1.65. The summed E-state index contributed by atoms with van der Waals surface area (Å²) in [6, 6.07) is -0.780. The van der Waals surface area contributed by atoms with Crippen LogP contribution in [0.5, 0.6) is 11.8 Å². The van der Waals surface area contributed by atoms with Gasteiger partial charge in [-0.15, -0.1) is 0 Å². The number of ether oxygens (including phenoxy) is 2. The Kier molecular flexibility index (Phi) is 4.18. The van der Waals surface area contributed by atoms with Crippen LogP contribution in [0, 0.1) is 0 Å². The maximum Gasteiger partial charge on any atom is 0.329 e. The van der Waals surface area contributed by atoms with Crippen molar-refractivity contribution in [3.05, 3.63) is 6.33 Å². The zero-order chi connectivity index (χ0) is 12.1. The number of rotatable bonds is 4. The van der Waals surface area contributed by atoms with Gasteiger partial charge in [-0.05, 0) is 6.92 Å². The molecule has 0 radical (unpaired) electrons. The van der Waals surface area contributed by atoms with E-state index in [-0.39, 0.29) is 17.4 Å². The van der Waals surface area contributed by atoms with Crippen LogP contribution in [0.3, 0.4) is 0 Å². The van der Waals surface area contributed by atoms with Crippen LogP contribution in [-0.4, -0.2) is 29.7 Å². The summed E-state index contributed by atoms with van der Waals surface area (Å²) in [7, 11) is 1.41. The molecule has 0 aliphatic rings. The van der Waals surface area contributed by atoms with E-state index < -0.39 is 6.03 Å². The Hall–Kier alpha value is -1.70. The maximum atomic E-state index is 11.0. The number of aromatic nitrogens is 2. The Balaban J connectivity index is 3.23. The van der Waals surface area contributed by atoms with Gasteiger partial charge in [-0.3, -0.25) is 0 Å². The fraction of sp³-hybridized carbons (Fsp3) is 0.375. The number of amides is 2. The van der Waals surface area contributed by atoms with Crippen LogP contribution < -0.4 is 19.5 Å². The van der Waals surface area contributed by atoms with Gasteiger partial charge in [-0.2, -0.15) is 9.97 Å². The number of methoxy groups -OCH3 is 1. The molecule has 2 N–H and O–H groups in total. The molecule has 0 aliphatic carbocycles. The minimum Gasteiger partial charge on any atom is -0.479 e. The van der Waals surface area contributed by atoms with E-state index in [0.29, 0.717) is 6.61 Å². The topological polar surface area (TPSA) is 90.6 Å². The van der Waals surface area contributed by atoms with Crippen molar-refractivity contribution in [3.8, 4) is 11.8 Å². The summed E-state index contributed by atoms with van der Waals surface area (Å²) in [4.78, 5) is 18.7. The second-order valence-corrected chi connectivity index (χ2v) is 3.02. The van der Waals surface area contributed by atoms with Crippen molar-refractivity contribution in [2.24, 2.45) is 5.73 Å². The van der Waals surface area contributed by atoms with Crippen molar-refractivity contribution in [2.45, 2.75) is 6.92 Å². The molecule has 16 heavy (non-hydrogen) atoms. The number of carbonyl (C=O) groups excluding carboxylic acids is 1. The predicted octanol–water partition coefficient (Wildman–Crippen LogP) is 0.614. The summed E-state index contributed by atoms with van der Waals surface area (Å²) in [5.41, 5.74) is 5.28.